The minimum atomic E-state index is 0.00107. The summed E-state index contributed by atoms with van der Waals surface area (Å²) in [4.78, 5) is 11.5. The second-order valence-electron chi connectivity index (χ2n) is 3.90. The van der Waals surface area contributed by atoms with Crippen LogP contribution in [0.1, 0.15) is 22.8 Å². The Kier molecular flexibility index (Phi) is 3.34. The molecule has 4 nitrogen and oxygen atoms in total. The van der Waals surface area contributed by atoms with Gasteiger partial charge >= 0.3 is 0 Å². The Hall–Kier alpha value is -0.820. The summed E-state index contributed by atoms with van der Waals surface area (Å²) in [5.41, 5.74) is 2.74. The van der Waals surface area contributed by atoms with Crippen LogP contribution in [0, 0.1) is 3.57 Å². The Morgan fingerprint density at radius 1 is 1.62 bits per heavy atom. The summed E-state index contributed by atoms with van der Waals surface area (Å²) in [7, 11) is 0. The first-order valence-electron chi connectivity index (χ1n) is 5.10. The summed E-state index contributed by atoms with van der Waals surface area (Å²) in [6.07, 6.45) is 0. The summed E-state index contributed by atoms with van der Waals surface area (Å²) in [6, 6.07) is 3.90. The van der Waals surface area contributed by atoms with Crippen molar-refractivity contribution < 1.29 is 9.90 Å². The van der Waals surface area contributed by atoms with Gasteiger partial charge in [0.1, 0.15) is 0 Å². The van der Waals surface area contributed by atoms with E-state index in [4.69, 9.17) is 5.11 Å². The highest BCUT2D eigenvalue weighted by atomic mass is 127. The number of nitrogens with one attached hydrogen (secondary N) is 2. The van der Waals surface area contributed by atoms with Gasteiger partial charge in [-0.25, -0.2) is 0 Å². The Morgan fingerprint density at radius 3 is 3.06 bits per heavy atom. The SMILES string of the molecule is C[C@@H](CO)Nc1cc(I)c2c(c1)CNC2=O. The number of carbonyl (C=O) groups excluding carboxylic acids is 1. The van der Waals surface area contributed by atoms with E-state index in [1.807, 2.05) is 19.1 Å². The lowest BCUT2D eigenvalue weighted by atomic mass is 10.1. The van der Waals surface area contributed by atoms with Crippen molar-refractivity contribution in [3.05, 3.63) is 26.8 Å². The lowest BCUT2D eigenvalue weighted by Crippen LogP contribution is -2.19. The van der Waals surface area contributed by atoms with E-state index in [0.717, 1.165) is 20.4 Å². The maximum Gasteiger partial charge on any atom is 0.252 e. The third-order valence-electron chi connectivity index (χ3n) is 2.53. The molecule has 0 aromatic heterocycles. The normalized spacial score (nSPS) is 15.6. The number of hydrogen-bond acceptors (Lipinski definition) is 3. The van der Waals surface area contributed by atoms with Crippen molar-refractivity contribution in [1.29, 1.82) is 0 Å². The Morgan fingerprint density at radius 2 is 2.38 bits per heavy atom. The van der Waals surface area contributed by atoms with Crippen LogP contribution in [-0.4, -0.2) is 23.7 Å². The third-order valence-corrected chi connectivity index (χ3v) is 3.38. The van der Waals surface area contributed by atoms with E-state index in [1.165, 1.54) is 0 Å². The molecule has 0 unspecified atom stereocenters. The first-order chi connectivity index (χ1) is 7.61. The number of amides is 1. The molecule has 0 bridgehead atoms. The zero-order valence-corrected chi connectivity index (χ0v) is 11.0. The largest absolute Gasteiger partial charge is 0.394 e. The van der Waals surface area contributed by atoms with Gasteiger partial charge in [-0.3, -0.25) is 4.79 Å². The second-order valence-corrected chi connectivity index (χ2v) is 5.07. The molecule has 0 aliphatic carbocycles. The van der Waals surface area contributed by atoms with Crippen LogP contribution in [0.2, 0.25) is 0 Å². The molecular formula is C11H13IN2O2. The van der Waals surface area contributed by atoms with Crippen LogP contribution < -0.4 is 10.6 Å². The number of aliphatic hydroxyl groups excluding tert-OH is 1. The molecule has 1 aromatic rings. The van der Waals surface area contributed by atoms with Crippen molar-refractivity contribution in [2.75, 3.05) is 11.9 Å². The summed E-state index contributed by atoms with van der Waals surface area (Å²) in [5, 5.41) is 15.0. The monoisotopic (exact) mass is 332 g/mol. The maximum absolute atomic E-state index is 11.5. The zero-order chi connectivity index (χ0) is 11.7. The molecule has 0 spiro atoms. The molecule has 86 valence electrons. The van der Waals surface area contributed by atoms with E-state index in [-0.39, 0.29) is 18.6 Å². The molecule has 0 fully saturated rings. The number of halogens is 1. The fourth-order valence-corrected chi connectivity index (χ4v) is 2.66. The van der Waals surface area contributed by atoms with Gasteiger partial charge in [0.05, 0.1) is 12.2 Å². The smallest absolute Gasteiger partial charge is 0.252 e. The molecule has 1 aliphatic heterocycles. The summed E-state index contributed by atoms with van der Waals surface area (Å²) in [6.45, 7) is 2.58. The number of carbonyl (C=O) groups is 1. The molecule has 2 rings (SSSR count). The molecule has 1 heterocycles. The lowest BCUT2D eigenvalue weighted by Gasteiger charge is -2.13. The number of hydrogen-bond donors (Lipinski definition) is 3. The minimum Gasteiger partial charge on any atom is -0.394 e. The molecule has 0 saturated heterocycles. The highest BCUT2D eigenvalue weighted by Crippen LogP contribution is 2.26. The van der Waals surface area contributed by atoms with Crippen molar-refractivity contribution >= 4 is 34.2 Å². The van der Waals surface area contributed by atoms with Gasteiger partial charge in [0.25, 0.3) is 5.91 Å². The average Bonchev–Trinajstić information content (AvgIpc) is 2.60. The molecule has 1 amide bonds. The van der Waals surface area contributed by atoms with Gasteiger partial charge in [0.2, 0.25) is 0 Å². The number of fused-ring (bicyclic) bond motifs is 1. The van der Waals surface area contributed by atoms with Crippen LogP contribution in [0.5, 0.6) is 0 Å². The quantitative estimate of drug-likeness (QED) is 0.732. The molecule has 1 aromatic carbocycles. The van der Waals surface area contributed by atoms with Crippen molar-refractivity contribution in [1.82, 2.24) is 5.32 Å². The molecule has 5 heteroatoms. The summed E-state index contributed by atoms with van der Waals surface area (Å²) in [5.74, 6) is 0.00107. The highest BCUT2D eigenvalue weighted by molar-refractivity contribution is 14.1. The molecule has 1 atom stereocenters. The van der Waals surface area contributed by atoms with Crippen LogP contribution in [0.15, 0.2) is 12.1 Å². The van der Waals surface area contributed by atoms with E-state index in [1.54, 1.807) is 0 Å². The predicted octanol–water partition coefficient (Wildman–Crippen LogP) is 1.33. The van der Waals surface area contributed by atoms with Crippen molar-refractivity contribution in [3.8, 4) is 0 Å². The fraction of sp³-hybridized carbons (Fsp3) is 0.364. The first-order valence-corrected chi connectivity index (χ1v) is 6.17. The van der Waals surface area contributed by atoms with E-state index in [0.29, 0.717) is 6.54 Å². The van der Waals surface area contributed by atoms with Gasteiger partial charge in [0.15, 0.2) is 0 Å². The average molecular weight is 332 g/mol. The number of anilines is 1. The van der Waals surface area contributed by atoms with Crippen LogP contribution >= 0.6 is 22.6 Å². The number of rotatable bonds is 3. The van der Waals surface area contributed by atoms with E-state index in [2.05, 4.69) is 33.2 Å². The molecular weight excluding hydrogens is 319 g/mol. The molecule has 16 heavy (non-hydrogen) atoms. The molecule has 0 saturated carbocycles. The second kappa shape index (κ2) is 4.58. The molecule has 0 radical (unpaired) electrons. The van der Waals surface area contributed by atoms with Gasteiger partial charge in [-0.2, -0.15) is 0 Å². The van der Waals surface area contributed by atoms with Crippen LogP contribution in [0.25, 0.3) is 0 Å². The lowest BCUT2D eigenvalue weighted by molar-refractivity contribution is 0.0965. The van der Waals surface area contributed by atoms with Gasteiger partial charge < -0.3 is 15.7 Å². The third kappa shape index (κ3) is 2.15. The van der Waals surface area contributed by atoms with Crippen molar-refractivity contribution in [2.45, 2.75) is 19.5 Å². The predicted molar refractivity (Wildman–Crippen MR) is 70.5 cm³/mol. The van der Waals surface area contributed by atoms with E-state index in [9.17, 15) is 4.79 Å². The maximum atomic E-state index is 11.5. The topological polar surface area (TPSA) is 61.4 Å². The van der Waals surface area contributed by atoms with Gasteiger partial charge in [-0.05, 0) is 47.2 Å². The minimum absolute atomic E-state index is 0.00107. The molecule has 3 N–H and O–H groups in total. The van der Waals surface area contributed by atoms with Gasteiger partial charge in [-0.15, -0.1) is 0 Å². The van der Waals surface area contributed by atoms with Gasteiger partial charge in [0, 0.05) is 21.8 Å². The standard InChI is InChI=1S/C11H13IN2O2/c1-6(5-15)14-8-2-7-4-13-11(16)10(7)9(12)3-8/h2-3,6,14-15H,4-5H2,1H3,(H,13,16)/t6-/m0/s1. The highest BCUT2D eigenvalue weighted by Gasteiger charge is 2.22. The van der Waals surface area contributed by atoms with E-state index < -0.39 is 0 Å². The van der Waals surface area contributed by atoms with E-state index >= 15 is 0 Å². The molecule has 1 aliphatic rings. The summed E-state index contributed by atoms with van der Waals surface area (Å²) < 4.78 is 0.942. The van der Waals surface area contributed by atoms with Crippen molar-refractivity contribution in [3.63, 3.8) is 0 Å². The number of benzene rings is 1. The fourth-order valence-electron chi connectivity index (χ4n) is 1.73. The van der Waals surface area contributed by atoms with Crippen LogP contribution in [0.3, 0.4) is 0 Å². The van der Waals surface area contributed by atoms with Gasteiger partial charge in [-0.1, -0.05) is 0 Å². The Bertz CT molecular complexity index is 434. The first kappa shape index (κ1) is 11.7. The summed E-state index contributed by atoms with van der Waals surface area (Å²) >= 11 is 2.16. The van der Waals surface area contributed by atoms with Crippen LogP contribution in [0.4, 0.5) is 5.69 Å². The Labute approximate surface area is 108 Å². The number of aliphatic hydroxyl groups is 1. The zero-order valence-electron chi connectivity index (χ0n) is 8.88. The van der Waals surface area contributed by atoms with Crippen molar-refractivity contribution in [2.24, 2.45) is 0 Å². The Balaban J connectivity index is 2.31. The van der Waals surface area contributed by atoms with Crippen LogP contribution in [-0.2, 0) is 6.54 Å².